The maximum absolute atomic E-state index is 14.6. The van der Waals surface area contributed by atoms with Crippen molar-refractivity contribution in [2.24, 2.45) is 10.8 Å². The minimum Gasteiger partial charge on any atom is -0.462 e. The highest BCUT2D eigenvalue weighted by Gasteiger charge is 2.65. The fourth-order valence-corrected chi connectivity index (χ4v) is 3.59. The molecule has 144 valence electrons. The number of hydrogen-bond acceptors (Lipinski definition) is 4. The number of rotatable bonds is 4. The highest BCUT2D eigenvalue weighted by molar-refractivity contribution is 6.01. The Kier molecular flexibility index (Phi) is 4.90. The summed E-state index contributed by atoms with van der Waals surface area (Å²) in [5, 5.41) is 0. The van der Waals surface area contributed by atoms with E-state index in [1.807, 2.05) is 20.8 Å². The molecule has 0 N–H and O–H groups in total. The second kappa shape index (κ2) is 6.28. The molecule has 1 aliphatic heterocycles. The predicted octanol–water partition coefficient (Wildman–Crippen LogP) is 2.90. The number of carbonyl (C=O) groups excluding carboxylic acids is 3. The van der Waals surface area contributed by atoms with Crippen LogP contribution < -0.4 is 0 Å². The Hall–Kier alpha value is -2.05. The number of nitrogens with zero attached hydrogens (tertiary/aromatic N) is 1. The maximum Gasteiger partial charge on any atom is 0.377 e. The van der Waals surface area contributed by atoms with Gasteiger partial charge in [0.2, 0.25) is 5.91 Å². The summed E-state index contributed by atoms with van der Waals surface area (Å²) in [6.45, 7) is 8.30. The second-order valence-corrected chi connectivity index (χ2v) is 8.11. The number of amides is 1. The molecule has 0 aromatic heterocycles. The Morgan fingerprint density at radius 2 is 1.77 bits per heavy atom. The largest absolute Gasteiger partial charge is 0.462 e. The smallest absolute Gasteiger partial charge is 0.377 e. The number of hydrogen-bond donors (Lipinski definition) is 0. The van der Waals surface area contributed by atoms with Crippen molar-refractivity contribution in [3.63, 3.8) is 0 Å². The molecule has 1 unspecified atom stereocenters. The van der Waals surface area contributed by atoms with Crippen molar-refractivity contribution in [1.82, 2.24) is 4.90 Å². The van der Waals surface area contributed by atoms with Crippen molar-refractivity contribution in [1.29, 1.82) is 0 Å². The number of alkyl halides is 2. The Labute approximate surface area is 152 Å². The van der Waals surface area contributed by atoms with E-state index in [2.05, 4.69) is 4.74 Å². The number of carbonyl (C=O) groups is 3. The molecule has 1 aliphatic carbocycles. The van der Waals surface area contributed by atoms with Gasteiger partial charge in [0.15, 0.2) is 5.78 Å². The van der Waals surface area contributed by atoms with Crippen molar-refractivity contribution in [2.45, 2.75) is 52.5 Å². The molecule has 0 bridgehead atoms. The van der Waals surface area contributed by atoms with Crippen LogP contribution in [0.15, 0.2) is 24.3 Å². The summed E-state index contributed by atoms with van der Waals surface area (Å²) in [5.41, 5.74) is -3.28. The first-order valence-corrected chi connectivity index (χ1v) is 8.59. The second-order valence-electron chi connectivity index (χ2n) is 8.11. The summed E-state index contributed by atoms with van der Waals surface area (Å²) in [6, 6.07) is 0. The Balaban J connectivity index is 2.51. The fraction of sp³-hybridized carbons (Fsp3) is 0.632. The Morgan fingerprint density at radius 1 is 1.23 bits per heavy atom. The van der Waals surface area contributed by atoms with Gasteiger partial charge >= 0.3 is 11.9 Å². The van der Waals surface area contributed by atoms with Gasteiger partial charge in [-0.15, -0.1) is 0 Å². The zero-order valence-corrected chi connectivity index (χ0v) is 15.8. The first-order chi connectivity index (χ1) is 11.8. The molecule has 26 heavy (non-hydrogen) atoms. The first kappa shape index (κ1) is 20.3. The standard InChI is InChI=1S/C19H25F2NO4/c1-6-26-15(25)19(20,21)11-17(5)14(24)22(16(2,3)4)12-18(17)9-7-13(23)8-10-18/h7-10H,6,11-12H2,1-5H3. The molecule has 2 aliphatic rings. The molecular formula is C19H25F2NO4. The van der Waals surface area contributed by atoms with E-state index in [-0.39, 0.29) is 18.9 Å². The van der Waals surface area contributed by atoms with Gasteiger partial charge in [-0.05, 0) is 46.8 Å². The number of ketones is 1. The van der Waals surface area contributed by atoms with Crippen LogP contribution in [0.4, 0.5) is 8.78 Å². The normalized spacial score (nSPS) is 25.3. The minimum atomic E-state index is -3.82. The van der Waals surface area contributed by atoms with Crippen LogP contribution in [0.25, 0.3) is 0 Å². The van der Waals surface area contributed by atoms with Crippen LogP contribution >= 0.6 is 0 Å². The molecule has 1 atom stereocenters. The summed E-state index contributed by atoms with van der Waals surface area (Å²) in [4.78, 5) is 38.0. The van der Waals surface area contributed by atoms with Gasteiger partial charge in [0.25, 0.3) is 0 Å². The van der Waals surface area contributed by atoms with Gasteiger partial charge in [-0.1, -0.05) is 12.2 Å². The lowest BCUT2D eigenvalue weighted by atomic mass is 9.62. The van der Waals surface area contributed by atoms with Gasteiger partial charge in [0, 0.05) is 23.9 Å². The molecule has 1 saturated heterocycles. The van der Waals surface area contributed by atoms with Crippen LogP contribution in [0.1, 0.15) is 41.0 Å². The molecule has 1 heterocycles. The average Bonchev–Trinajstić information content (AvgIpc) is 2.72. The van der Waals surface area contributed by atoms with Crippen molar-refractivity contribution in [2.75, 3.05) is 13.2 Å². The molecular weight excluding hydrogens is 344 g/mol. The summed E-state index contributed by atoms with van der Waals surface area (Å²) in [7, 11) is 0. The minimum absolute atomic E-state index is 0.158. The first-order valence-electron chi connectivity index (χ1n) is 8.59. The van der Waals surface area contributed by atoms with E-state index in [4.69, 9.17) is 0 Å². The van der Waals surface area contributed by atoms with Crippen LogP contribution in [0.5, 0.6) is 0 Å². The summed E-state index contributed by atoms with van der Waals surface area (Å²) < 4.78 is 33.6. The van der Waals surface area contributed by atoms with Crippen LogP contribution in [0, 0.1) is 10.8 Å². The highest BCUT2D eigenvalue weighted by Crippen LogP contribution is 2.56. The summed E-state index contributed by atoms with van der Waals surface area (Å²) in [6.07, 6.45) is 4.62. The third kappa shape index (κ3) is 3.19. The van der Waals surface area contributed by atoms with E-state index >= 15 is 0 Å². The van der Waals surface area contributed by atoms with Crippen molar-refractivity contribution in [3.05, 3.63) is 24.3 Å². The van der Waals surface area contributed by atoms with Gasteiger partial charge in [-0.25, -0.2) is 4.79 Å². The maximum atomic E-state index is 14.6. The molecule has 5 nitrogen and oxygen atoms in total. The lowest BCUT2D eigenvalue weighted by Gasteiger charge is -2.38. The SMILES string of the molecule is CCOC(=O)C(F)(F)CC1(C)C(=O)N(C(C)(C)C)CC12C=CC(=O)C=C2. The molecule has 0 aromatic rings. The van der Waals surface area contributed by atoms with Gasteiger partial charge in [0.1, 0.15) is 0 Å². The van der Waals surface area contributed by atoms with Gasteiger partial charge in [-0.2, -0.15) is 8.78 Å². The number of ether oxygens (including phenoxy) is 1. The van der Waals surface area contributed by atoms with Gasteiger partial charge in [-0.3, -0.25) is 9.59 Å². The third-order valence-electron chi connectivity index (χ3n) is 5.21. The van der Waals surface area contributed by atoms with Crippen molar-refractivity contribution in [3.8, 4) is 0 Å². The number of halogens is 2. The van der Waals surface area contributed by atoms with E-state index < -0.39 is 40.6 Å². The zero-order valence-electron chi connectivity index (χ0n) is 15.8. The number of esters is 1. The van der Waals surface area contributed by atoms with E-state index in [0.29, 0.717) is 0 Å². The summed E-state index contributed by atoms with van der Waals surface area (Å²) >= 11 is 0. The number of likely N-dealkylation sites (tertiary alicyclic amines) is 1. The van der Waals surface area contributed by atoms with E-state index in [1.54, 1.807) is 0 Å². The fourth-order valence-electron chi connectivity index (χ4n) is 3.59. The summed E-state index contributed by atoms with van der Waals surface area (Å²) in [5.74, 6) is -6.20. The Morgan fingerprint density at radius 3 is 2.23 bits per heavy atom. The lowest BCUT2D eigenvalue weighted by molar-refractivity contribution is -0.178. The number of allylic oxidation sites excluding steroid dienone is 2. The Bertz CT molecular complexity index is 674. The van der Waals surface area contributed by atoms with E-state index in [1.165, 1.54) is 43.1 Å². The van der Waals surface area contributed by atoms with Crippen molar-refractivity contribution >= 4 is 17.7 Å². The monoisotopic (exact) mass is 369 g/mol. The lowest BCUT2D eigenvalue weighted by Crippen LogP contribution is -2.48. The van der Waals surface area contributed by atoms with Crippen LogP contribution in [-0.4, -0.2) is 47.2 Å². The average molecular weight is 369 g/mol. The molecule has 1 fully saturated rings. The molecule has 1 spiro atoms. The topological polar surface area (TPSA) is 63.7 Å². The van der Waals surface area contributed by atoms with Crippen LogP contribution in [0.2, 0.25) is 0 Å². The predicted molar refractivity (Wildman–Crippen MR) is 91.5 cm³/mol. The zero-order chi connectivity index (χ0) is 20.0. The van der Waals surface area contributed by atoms with E-state index in [0.717, 1.165) is 0 Å². The van der Waals surface area contributed by atoms with Gasteiger partial charge in [0.05, 0.1) is 12.0 Å². The highest BCUT2D eigenvalue weighted by atomic mass is 19.3. The molecule has 1 amide bonds. The van der Waals surface area contributed by atoms with Crippen LogP contribution in [-0.2, 0) is 19.1 Å². The quantitative estimate of drug-likeness (QED) is 0.715. The molecule has 7 heteroatoms. The van der Waals surface area contributed by atoms with Gasteiger partial charge < -0.3 is 9.64 Å². The molecule has 0 radical (unpaired) electrons. The molecule has 2 rings (SSSR count). The van der Waals surface area contributed by atoms with Crippen molar-refractivity contribution < 1.29 is 27.9 Å². The van der Waals surface area contributed by atoms with E-state index in [9.17, 15) is 23.2 Å². The molecule has 0 saturated carbocycles. The third-order valence-corrected chi connectivity index (χ3v) is 5.21. The van der Waals surface area contributed by atoms with Crippen LogP contribution in [0.3, 0.4) is 0 Å². The molecule has 0 aromatic carbocycles.